The molecule has 1 aromatic heterocycles. The van der Waals surface area contributed by atoms with Gasteiger partial charge in [0.15, 0.2) is 0 Å². The second-order valence-electron chi connectivity index (χ2n) is 6.03. The Labute approximate surface area is 135 Å². The number of hydrogen-bond acceptors (Lipinski definition) is 5. The number of piperidine rings is 1. The van der Waals surface area contributed by atoms with Crippen LogP contribution >= 0.6 is 12.2 Å². The summed E-state index contributed by atoms with van der Waals surface area (Å²) < 4.78 is 3.98. The SMILES string of the molecule is Cc1cc(C)cc(-n2nnn(CN3CCC[C@H](O)C3)c2=S)c1. The molecule has 3 rings (SSSR count). The van der Waals surface area contributed by atoms with Gasteiger partial charge in [-0.15, -0.1) is 0 Å². The van der Waals surface area contributed by atoms with Crippen molar-refractivity contribution in [3.8, 4) is 5.69 Å². The number of nitrogens with zero attached hydrogens (tertiary/aromatic N) is 5. The molecule has 0 aliphatic carbocycles. The van der Waals surface area contributed by atoms with E-state index in [0.717, 1.165) is 25.1 Å². The van der Waals surface area contributed by atoms with Crippen molar-refractivity contribution in [2.24, 2.45) is 0 Å². The van der Waals surface area contributed by atoms with Crippen LogP contribution in [0, 0.1) is 18.6 Å². The number of aromatic nitrogens is 4. The van der Waals surface area contributed by atoms with Crippen LogP contribution in [0.4, 0.5) is 0 Å². The molecule has 0 spiro atoms. The van der Waals surface area contributed by atoms with Crippen LogP contribution in [0.5, 0.6) is 0 Å². The van der Waals surface area contributed by atoms with Crippen molar-refractivity contribution in [2.75, 3.05) is 13.1 Å². The Balaban J connectivity index is 1.84. The summed E-state index contributed by atoms with van der Waals surface area (Å²) in [4.78, 5) is 2.16. The third-order valence-corrected chi connectivity index (χ3v) is 4.29. The monoisotopic (exact) mass is 319 g/mol. The minimum Gasteiger partial charge on any atom is -0.392 e. The van der Waals surface area contributed by atoms with Crippen LogP contribution in [0.1, 0.15) is 24.0 Å². The van der Waals surface area contributed by atoms with Crippen molar-refractivity contribution < 1.29 is 5.11 Å². The fourth-order valence-electron chi connectivity index (χ4n) is 2.95. The zero-order valence-corrected chi connectivity index (χ0v) is 13.8. The molecule has 0 saturated carbocycles. The predicted molar refractivity (Wildman–Crippen MR) is 86.5 cm³/mol. The van der Waals surface area contributed by atoms with Gasteiger partial charge in [0.25, 0.3) is 0 Å². The highest BCUT2D eigenvalue weighted by atomic mass is 32.1. The van der Waals surface area contributed by atoms with Crippen molar-refractivity contribution >= 4 is 12.2 Å². The van der Waals surface area contributed by atoms with Gasteiger partial charge in [-0.25, -0.2) is 4.68 Å². The van der Waals surface area contributed by atoms with Gasteiger partial charge in [-0.1, -0.05) is 6.07 Å². The highest BCUT2D eigenvalue weighted by Gasteiger charge is 2.19. The standard InChI is InChI=1S/C15H21N5OS/c1-11-6-12(2)8-13(7-11)20-15(22)19(16-17-20)10-18-5-3-4-14(21)9-18/h6-8,14,21H,3-5,9-10H2,1-2H3/t14-/m0/s1. The van der Waals surface area contributed by atoms with Crippen molar-refractivity contribution in [3.05, 3.63) is 34.1 Å². The number of benzene rings is 1. The number of aliphatic hydroxyl groups excluding tert-OH is 1. The Kier molecular flexibility index (Phi) is 4.37. The van der Waals surface area contributed by atoms with Gasteiger partial charge in [-0.2, -0.15) is 4.68 Å². The lowest BCUT2D eigenvalue weighted by Crippen LogP contribution is -2.39. The van der Waals surface area contributed by atoms with E-state index in [1.165, 1.54) is 11.1 Å². The summed E-state index contributed by atoms with van der Waals surface area (Å²) in [5, 5.41) is 18.1. The van der Waals surface area contributed by atoms with Gasteiger partial charge in [-0.05, 0) is 72.6 Å². The Hall–Kier alpha value is -1.57. The maximum absolute atomic E-state index is 9.75. The number of tetrazole rings is 1. The molecule has 1 fully saturated rings. The zero-order chi connectivity index (χ0) is 15.7. The van der Waals surface area contributed by atoms with E-state index in [1.54, 1.807) is 9.36 Å². The zero-order valence-electron chi connectivity index (χ0n) is 12.9. The van der Waals surface area contributed by atoms with Gasteiger partial charge in [0.2, 0.25) is 4.77 Å². The summed E-state index contributed by atoms with van der Waals surface area (Å²) >= 11 is 5.50. The van der Waals surface area contributed by atoms with E-state index in [1.807, 2.05) is 12.1 Å². The fraction of sp³-hybridized carbons (Fsp3) is 0.533. The van der Waals surface area contributed by atoms with Gasteiger partial charge in [0.1, 0.15) is 0 Å². The van der Waals surface area contributed by atoms with Gasteiger partial charge < -0.3 is 5.11 Å². The largest absolute Gasteiger partial charge is 0.392 e. The summed E-state index contributed by atoms with van der Waals surface area (Å²) in [7, 11) is 0. The van der Waals surface area contributed by atoms with Crippen molar-refractivity contribution in [1.29, 1.82) is 0 Å². The van der Waals surface area contributed by atoms with E-state index in [9.17, 15) is 5.11 Å². The number of rotatable bonds is 3. The number of likely N-dealkylation sites (tertiary alicyclic amines) is 1. The van der Waals surface area contributed by atoms with Gasteiger partial charge >= 0.3 is 0 Å². The molecule has 1 N–H and O–H groups in total. The van der Waals surface area contributed by atoms with Crippen molar-refractivity contribution in [2.45, 2.75) is 39.5 Å². The van der Waals surface area contributed by atoms with Crippen LogP contribution in [-0.4, -0.2) is 49.0 Å². The molecule has 1 saturated heterocycles. The van der Waals surface area contributed by atoms with E-state index in [-0.39, 0.29) is 6.10 Å². The van der Waals surface area contributed by atoms with Crippen molar-refractivity contribution in [3.63, 3.8) is 0 Å². The highest BCUT2D eigenvalue weighted by molar-refractivity contribution is 7.71. The van der Waals surface area contributed by atoms with E-state index < -0.39 is 0 Å². The average Bonchev–Trinajstić information content (AvgIpc) is 2.79. The molecule has 0 amide bonds. The summed E-state index contributed by atoms with van der Waals surface area (Å²) in [5.74, 6) is 0. The smallest absolute Gasteiger partial charge is 0.221 e. The average molecular weight is 319 g/mol. The molecule has 1 aliphatic rings. The summed E-state index contributed by atoms with van der Waals surface area (Å²) in [6.07, 6.45) is 1.62. The predicted octanol–water partition coefficient (Wildman–Crippen LogP) is 1.83. The van der Waals surface area contributed by atoms with E-state index in [0.29, 0.717) is 18.0 Å². The van der Waals surface area contributed by atoms with Crippen molar-refractivity contribution in [1.82, 2.24) is 24.7 Å². The quantitative estimate of drug-likeness (QED) is 0.875. The molecule has 0 bridgehead atoms. The van der Waals surface area contributed by atoms with E-state index in [4.69, 9.17) is 12.2 Å². The lowest BCUT2D eigenvalue weighted by atomic mass is 10.1. The van der Waals surface area contributed by atoms with Crippen LogP contribution in [0.25, 0.3) is 5.69 Å². The minimum atomic E-state index is -0.252. The van der Waals surface area contributed by atoms with Gasteiger partial charge in [0.05, 0.1) is 18.5 Å². The molecule has 22 heavy (non-hydrogen) atoms. The second kappa shape index (κ2) is 6.28. The van der Waals surface area contributed by atoms with Crippen LogP contribution in [0.2, 0.25) is 0 Å². The molecule has 2 aromatic rings. The molecule has 118 valence electrons. The molecule has 2 heterocycles. The molecule has 7 heteroatoms. The Bertz CT molecular complexity index is 703. The first-order valence-corrected chi connectivity index (χ1v) is 7.95. The Morgan fingerprint density at radius 2 is 1.95 bits per heavy atom. The van der Waals surface area contributed by atoms with Gasteiger partial charge in [-0.3, -0.25) is 4.90 Å². The molecule has 0 radical (unpaired) electrons. The van der Waals surface area contributed by atoms with E-state index >= 15 is 0 Å². The number of aliphatic hydroxyl groups is 1. The minimum absolute atomic E-state index is 0.252. The molecule has 0 unspecified atom stereocenters. The highest BCUT2D eigenvalue weighted by Crippen LogP contribution is 2.14. The third kappa shape index (κ3) is 3.26. The normalized spacial score (nSPS) is 19.5. The molecule has 1 aliphatic heterocycles. The fourth-order valence-corrected chi connectivity index (χ4v) is 3.18. The maximum atomic E-state index is 9.75. The van der Waals surface area contributed by atoms with Gasteiger partial charge in [0, 0.05) is 13.1 Å². The van der Waals surface area contributed by atoms with Crippen LogP contribution in [0.3, 0.4) is 0 Å². The molecule has 1 atom stereocenters. The molecule has 6 nitrogen and oxygen atoms in total. The first-order chi connectivity index (χ1) is 10.5. The van der Waals surface area contributed by atoms with Crippen LogP contribution < -0.4 is 0 Å². The second-order valence-corrected chi connectivity index (χ2v) is 6.40. The van der Waals surface area contributed by atoms with Crippen LogP contribution in [0.15, 0.2) is 18.2 Å². The first kappa shape index (κ1) is 15.3. The maximum Gasteiger partial charge on any atom is 0.221 e. The van der Waals surface area contributed by atoms with E-state index in [2.05, 4.69) is 35.2 Å². The number of aryl methyl sites for hydroxylation is 2. The topological polar surface area (TPSA) is 59.1 Å². The number of β-amino-alcohol motifs (C(OH)–C–C–N with tert-alkyl or cyclic N) is 1. The Morgan fingerprint density at radius 3 is 2.64 bits per heavy atom. The van der Waals surface area contributed by atoms with Crippen LogP contribution in [-0.2, 0) is 6.67 Å². The molecule has 1 aromatic carbocycles. The third-order valence-electron chi connectivity index (χ3n) is 3.91. The summed E-state index contributed by atoms with van der Waals surface area (Å²) in [6, 6.07) is 6.21. The lowest BCUT2D eigenvalue weighted by molar-refractivity contribution is 0.0509. The number of hydrogen-bond donors (Lipinski definition) is 1. The molecular weight excluding hydrogens is 298 g/mol. The summed E-state index contributed by atoms with van der Waals surface area (Å²) in [6.45, 7) is 6.30. The lowest BCUT2D eigenvalue weighted by Gasteiger charge is -2.29. The Morgan fingerprint density at radius 1 is 1.23 bits per heavy atom. The molecular formula is C15H21N5OS. The first-order valence-electron chi connectivity index (χ1n) is 7.55. The summed E-state index contributed by atoms with van der Waals surface area (Å²) in [5.41, 5.74) is 3.28.